The van der Waals surface area contributed by atoms with Crippen LogP contribution in [0.2, 0.25) is 0 Å². The predicted octanol–water partition coefficient (Wildman–Crippen LogP) is -0.415. The first kappa shape index (κ1) is 9.88. The van der Waals surface area contributed by atoms with Crippen LogP contribution in [0.1, 0.15) is 13.8 Å². The molecule has 0 heterocycles. The maximum absolute atomic E-state index is 9.21. The third-order valence-corrected chi connectivity index (χ3v) is 1.41. The summed E-state index contributed by atoms with van der Waals surface area (Å²) < 4.78 is 0. The van der Waals surface area contributed by atoms with Crippen molar-refractivity contribution >= 4 is 0 Å². The molecule has 0 amide bonds. The minimum atomic E-state index is -0.299. The van der Waals surface area contributed by atoms with Gasteiger partial charge in [-0.05, 0) is 5.92 Å². The van der Waals surface area contributed by atoms with E-state index >= 15 is 0 Å². The lowest BCUT2D eigenvalue weighted by Gasteiger charge is -2.14. The molecule has 0 saturated heterocycles. The van der Waals surface area contributed by atoms with E-state index in [1.54, 1.807) is 0 Å². The molecule has 0 saturated carbocycles. The van der Waals surface area contributed by atoms with Crippen LogP contribution in [0.15, 0.2) is 0 Å². The van der Waals surface area contributed by atoms with Gasteiger partial charge >= 0.3 is 0 Å². The lowest BCUT2D eigenvalue weighted by atomic mass is 10.1. The summed E-state index contributed by atoms with van der Waals surface area (Å²) in [5.41, 5.74) is 0. The van der Waals surface area contributed by atoms with Gasteiger partial charge in [0.15, 0.2) is 0 Å². The lowest BCUT2D eigenvalue weighted by molar-refractivity contribution is 0.122. The fourth-order valence-electron chi connectivity index (χ4n) is 0.565. The molecule has 0 fully saturated rings. The summed E-state index contributed by atoms with van der Waals surface area (Å²) in [4.78, 5) is 0. The average molecular weight is 147 g/mol. The van der Waals surface area contributed by atoms with E-state index in [0.29, 0.717) is 13.1 Å². The van der Waals surface area contributed by atoms with Gasteiger partial charge in [0.1, 0.15) is 0 Å². The highest BCUT2D eigenvalue weighted by molar-refractivity contribution is 4.62. The van der Waals surface area contributed by atoms with Crippen molar-refractivity contribution in [2.24, 2.45) is 5.92 Å². The van der Waals surface area contributed by atoms with E-state index in [1.807, 2.05) is 13.8 Å². The normalized spacial score (nSPS) is 14.1. The second kappa shape index (κ2) is 5.65. The summed E-state index contributed by atoms with van der Waals surface area (Å²) in [6.45, 7) is 5.18. The Balaban J connectivity index is 3.13. The molecule has 0 radical (unpaired) electrons. The van der Waals surface area contributed by atoms with Crippen LogP contribution in [0.5, 0.6) is 0 Å². The number of nitrogens with one attached hydrogen (secondary N) is 1. The van der Waals surface area contributed by atoms with Gasteiger partial charge in [0.2, 0.25) is 0 Å². The number of aliphatic hydroxyl groups excluding tert-OH is 2. The molecule has 0 aromatic carbocycles. The largest absolute Gasteiger partial charge is 0.395 e. The zero-order valence-electron chi connectivity index (χ0n) is 6.67. The van der Waals surface area contributed by atoms with Gasteiger partial charge in [-0.1, -0.05) is 13.8 Å². The number of hydrogen-bond donors (Lipinski definition) is 3. The van der Waals surface area contributed by atoms with E-state index in [2.05, 4.69) is 5.32 Å². The van der Waals surface area contributed by atoms with Crippen LogP contribution in [0.25, 0.3) is 0 Å². The van der Waals surface area contributed by atoms with Crippen molar-refractivity contribution in [2.75, 3.05) is 19.7 Å². The summed E-state index contributed by atoms with van der Waals surface area (Å²) in [7, 11) is 0. The van der Waals surface area contributed by atoms with Crippen LogP contribution in [0, 0.1) is 5.92 Å². The molecule has 3 N–H and O–H groups in total. The number of aliphatic hydroxyl groups is 2. The second-order valence-corrected chi connectivity index (χ2v) is 2.74. The summed E-state index contributed by atoms with van der Waals surface area (Å²) >= 11 is 0. The molecule has 1 atom stereocenters. The molecule has 62 valence electrons. The highest BCUT2D eigenvalue weighted by Gasteiger charge is 2.06. The first-order chi connectivity index (χ1) is 4.68. The third kappa shape index (κ3) is 4.73. The predicted molar refractivity (Wildman–Crippen MR) is 40.8 cm³/mol. The Labute approximate surface area is 62.1 Å². The quantitative estimate of drug-likeness (QED) is 0.463. The molecule has 0 aliphatic heterocycles. The van der Waals surface area contributed by atoms with E-state index < -0.39 is 0 Å². The summed E-state index contributed by atoms with van der Waals surface area (Å²) in [5.74, 6) is 0.284. The van der Waals surface area contributed by atoms with Gasteiger partial charge in [-0.2, -0.15) is 0 Å². The Kier molecular flexibility index (Phi) is 5.58. The van der Waals surface area contributed by atoms with E-state index in [4.69, 9.17) is 5.11 Å². The Hall–Kier alpha value is -0.120. The highest BCUT2D eigenvalue weighted by Crippen LogP contribution is 1.97. The first-order valence-electron chi connectivity index (χ1n) is 3.68. The van der Waals surface area contributed by atoms with Crippen LogP contribution in [-0.4, -0.2) is 36.0 Å². The summed E-state index contributed by atoms with van der Waals surface area (Å²) in [5, 5.41) is 20.5. The topological polar surface area (TPSA) is 52.5 Å². The van der Waals surface area contributed by atoms with Crippen molar-refractivity contribution in [3.63, 3.8) is 0 Å². The maximum Gasteiger partial charge on any atom is 0.0687 e. The minimum Gasteiger partial charge on any atom is -0.395 e. The molecule has 10 heavy (non-hydrogen) atoms. The van der Waals surface area contributed by atoms with Crippen LogP contribution in [0.3, 0.4) is 0 Å². The SMILES string of the molecule is CC(C)[C@@H](O)CNCCO. The standard InChI is InChI=1S/C7H17NO2/c1-6(2)7(10)5-8-3-4-9/h6-10H,3-5H2,1-2H3/t7-/m0/s1. The molecule has 0 unspecified atom stereocenters. The van der Waals surface area contributed by atoms with Crippen molar-refractivity contribution in [2.45, 2.75) is 20.0 Å². The van der Waals surface area contributed by atoms with Crippen molar-refractivity contribution < 1.29 is 10.2 Å². The molecule has 0 aliphatic carbocycles. The molecule has 3 nitrogen and oxygen atoms in total. The smallest absolute Gasteiger partial charge is 0.0687 e. The Morgan fingerprint density at radius 1 is 1.40 bits per heavy atom. The Morgan fingerprint density at radius 2 is 2.00 bits per heavy atom. The fourth-order valence-corrected chi connectivity index (χ4v) is 0.565. The molecule has 0 spiro atoms. The molecular weight excluding hydrogens is 130 g/mol. The molecule has 0 aromatic rings. The Bertz CT molecular complexity index is 76.0. The fraction of sp³-hybridized carbons (Fsp3) is 1.00. The van der Waals surface area contributed by atoms with Gasteiger partial charge in [0.25, 0.3) is 0 Å². The summed E-state index contributed by atoms with van der Waals surface area (Å²) in [6.07, 6.45) is -0.299. The van der Waals surface area contributed by atoms with Gasteiger partial charge in [0, 0.05) is 13.1 Å². The van der Waals surface area contributed by atoms with Crippen LogP contribution < -0.4 is 5.32 Å². The molecule has 0 aliphatic rings. The molecule has 0 rings (SSSR count). The maximum atomic E-state index is 9.21. The van der Waals surface area contributed by atoms with E-state index in [1.165, 1.54) is 0 Å². The van der Waals surface area contributed by atoms with Crippen LogP contribution in [0.4, 0.5) is 0 Å². The van der Waals surface area contributed by atoms with Crippen molar-refractivity contribution in [1.82, 2.24) is 5.32 Å². The third-order valence-electron chi connectivity index (χ3n) is 1.41. The van der Waals surface area contributed by atoms with E-state index in [-0.39, 0.29) is 18.6 Å². The highest BCUT2D eigenvalue weighted by atomic mass is 16.3. The molecule has 0 bridgehead atoms. The first-order valence-corrected chi connectivity index (χ1v) is 3.68. The lowest BCUT2D eigenvalue weighted by Crippen LogP contribution is -2.32. The molecule has 3 heteroatoms. The van der Waals surface area contributed by atoms with Crippen LogP contribution >= 0.6 is 0 Å². The van der Waals surface area contributed by atoms with E-state index in [9.17, 15) is 5.11 Å². The number of rotatable bonds is 5. The molecular formula is C7H17NO2. The van der Waals surface area contributed by atoms with Gasteiger partial charge in [0.05, 0.1) is 12.7 Å². The van der Waals surface area contributed by atoms with Crippen molar-refractivity contribution in [1.29, 1.82) is 0 Å². The minimum absolute atomic E-state index is 0.130. The van der Waals surface area contributed by atoms with Gasteiger partial charge in [-0.3, -0.25) is 0 Å². The van der Waals surface area contributed by atoms with E-state index in [0.717, 1.165) is 0 Å². The monoisotopic (exact) mass is 147 g/mol. The second-order valence-electron chi connectivity index (χ2n) is 2.74. The summed E-state index contributed by atoms with van der Waals surface area (Å²) in [6, 6.07) is 0. The van der Waals surface area contributed by atoms with Gasteiger partial charge in [-0.15, -0.1) is 0 Å². The van der Waals surface area contributed by atoms with Gasteiger partial charge < -0.3 is 15.5 Å². The zero-order valence-corrected chi connectivity index (χ0v) is 6.67. The van der Waals surface area contributed by atoms with Crippen molar-refractivity contribution in [3.05, 3.63) is 0 Å². The van der Waals surface area contributed by atoms with Crippen molar-refractivity contribution in [3.8, 4) is 0 Å². The number of hydrogen-bond acceptors (Lipinski definition) is 3. The van der Waals surface area contributed by atoms with Crippen LogP contribution in [-0.2, 0) is 0 Å². The zero-order chi connectivity index (χ0) is 7.98. The molecule has 0 aromatic heterocycles. The Morgan fingerprint density at radius 3 is 2.40 bits per heavy atom. The van der Waals surface area contributed by atoms with Gasteiger partial charge in [-0.25, -0.2) is 0 Å². The average Bonchev–Trinajstić information content (AvgIpc) is 1.88.